The molecule has 0 amide bonds. The molecule has 3 nitrogen and oxygen atoms in total. The first-order chi connectivity index (χ1) is 9.36. The first-order valence-electron chi connectivity index (χ1n) is 7.17. The molecule has 3 heteroatoms. The molecule has 1 aromatic heterocycles. The lowest BCUT2D eigenvalue weighted by atomic mass is 9.93. The minimum atomic E-state index is 0.807. The molecule has 1 fully saturated rings. The molecule has 1 aliphatic rings. The minimum absolute atomic E-state index is 0.807. The zero-order valence-electron chi connectivity index (χ0n) is 11.3. The van der Waals surface area contributed by atoms with E-state index in [2.05, 4.69) is 35.2 Å². The van der Waals surface area contributed by atoms with Crippen LogP contribution in [0.15, 0.2) is 36.4 Å². The van der Waals surface area contributed by atoms with E-state index in [1.54, 1.807) is 0 Å². The fourth-order valence-corrected chi connectivity index (χ4v) is 2.92. The van der Waals surface area contributed by atoms with Crippen LogP contribution in [-0.4, -0.2) is 24.6 Å². The zero-order chi connectivity index (χ0) is 13.1. The molecule has 0 aliphatic carbocycles. The number of pyridine rings is 1. The van der Waals surface area contributed by atoms with Gasteiger partial charge in [-0.05, 0) is 49.9 Å². The van der Waals surface area contributed by atoms with E-state index < -0.39 is 0 Å². The van der Waals surface area contributed by atoms with Gasteiger partial charge in [0.15, 0.2) is 0 Å². The smallest absolute Gasteiger partial charge is 0.129 e. The highest BCUT2D eigenvalue weighted by Gasteiger charge is 2.19. The summed E-state index contributed by atoms with van der Waals surface area (Å²) in [6.45, 7) is 3.03. The Kier molecular flexibility index (Phi) is 3.65. The Labute approximate surface area is 114 Å². The quantitative estimate of drug-likeness (QED) is 0.917. The first-order valence-corrected chi connectivity index (χ1v) is 7.17. The number of rotatable bonds is 3. The van der Waals surface area contributed by atoms with Crippen LogP contribution in [-0.2, 0) is 0 Å². The van der Waals surface area contributed by atoms with E-state index >= 15 is 0 Å². The number of anilines is 1. The molecule has 1 aromatic carbocycles. The Morgan fingerprint density at radius 1 is 1.11 bits per heavy atom. The highest BCUT2D eigenvalue weighted by atomic mass is 15.2. The van der Waals surface area contributed by atoms with E-state index in [9.17, 15) is 0 Å². The molecule has 1 saturated heterocycles. The van der Waals surface area contributed by atoms with Crippen LogP contribution in [0.4, 0.5) is 5.82 Å². The summed E-state index contributed by atoms with van der Waals surface area (Å²) in [6, 6.07) is 12.6. The largest absolute Gasteiger partial charge is 0.357 e. The monoisotopic (exact) mass is 255 g/mol. The Hall–Kier alpha value is -1.61. The molecular formula is C16H21N3. The molecule has 100 valence electrons. The van der Waals surface area contributed by atoms with Crippen LogP contribution in [0.2, 0.25) is 0 Å². The second kappa shape index (κ2) is 5.57. The summed E-state index contributed by atoms with van der Waals surface area (Å²) < 4.78 is 0. The van der Waals surface area contributed by atoms with Crippen molar-refractivity contribution in [1.82, 2.24) is 4.98 Å². The molecule has 0 radical (unpaired) electrons. The van der Waals surface area contributed by atoms with Crippen LogP contribution >= 0.6 is 0 Å². The van der Waals surface area contributed by atoms with Crippen LogP contribution in [0.1, 0.15) is 19.3 Å². The standard InChI is InChI=1S/C16H21N3/c17-10-7-13-8-11-19(12-9-13)16-6-5-14-3-1-2-4-15(14)18-16/h1-6,13H,7-12,17H2. The minimum Gasteiger partial charge on any atom is -0.357 e. The van der Waals surface area contributed by atoms with E-state index in [0.29, 0.717) is 0 Å². The van der Waals surface area contributed by atoms with Crippen molar-refractivity contribution in [3.05, 3.63) is 36.4 Å². The lowest BCUT2D eigenvalue weighted by molar-refractivity contribution is 0.385. The van der Waals surface area contributed by atoms with Crippen molar-refractivity contribution in [2.24, 2.45) is 11.7 Å². The maximum atomic E-state index is 5.64. The Bertz CT molecular complexity index is 544. The second-order valence-electron chi connectivity index (χ2n) is 5.37. The lowest BCUT2D eigenvalue weighted by Crippen LogP contribution is -2.34. The SMILES string of the molecule is NCCC1CCN(c2ccc3ccccc3n2)CC1. The molecule has 3 rings (SSSR count). The number of nitrogens with zero attached hydrogens (tertiary/aromatic N) is 2. The third-order valence-corrected chi connectivity index (χ3v) is 4.10. The van der Waals surface area contributed by atoms with Gasteiger partial charge in [0.25, 0.3) is 0 Å². The average Bonchev–Trinajstić information content (AvgIpc) is 2.48. The van der Waals surface area contributed by atoms with Crippen LogP contribution in [0, 0.1) is 5.92 Å². The maximum Gasteiger partial charge on any atom is 0.129 e. The van der Waals surface area contributed by atoms with Gasteiger partial charge < -0.3 is 10.6 Å². The molecule has 0 saturated carbocycles. The van der Waals surface area contributed by atoms with E-state index in [1.807, 2.05) is 6.07 Å². The topological polar surface area (TPSA) is 42.1 Å². The number of aromatic nitrogens is 1. The van der Waals surface area contributed by atoms with E-state index in [1.165, 1.54) is 24.6 Å². The normalized spacial score (nSPS) is 17.0. The van der Waals surface area contributed by atoms with Crippen molar-refractivity contribution in [2.45, 2.75) is 19.3 Å². The van der Waals surface area contributed by atoms with Crippen LogP contribution in [0.25, 0.3) is 10.9 Å². The Morgan fingerprint density at radius 2 is 1.89 bits per heavy atom. The molecule has 0 unspecified atom stereocenters. The Balaban J connectivity index is 1.74. The summed E-state index contributed by atoms with van der Waals surface area (Å²) in [6.07, 6.45) is 3.65. The van der Waals surface area contributed by atoms with E-state index in [0.717, 1.165) is 36.9 Å². The predicted molar refractivity (Wildman–Crippen MR) is 80.4 cm³/mol. The summed E-state index contributed by atoms with van der Waals surface area (Å²) in [5, 5.41) is 1.21. The highest BCUT2D eigenvalue weighted by Crippen LogP contribution is 2.25. The molecule has 2 heterocycles. The van der Waals surface area contributed by atoms with Gasteiger partial charge in [0, 0.05) is 18.5 Å². The third-order valence-electron chi connectivity index (χ3n) is 4.10. The van der Waals surface area contributed by atoms with Gasteiger partial charge in [-0.25, -0.2) is 4.98 Å². The van der Waals surface area contributed by atoms with Gasteiger partial charge in [0.05, 0.1) is 5.52 Å². The van der Waals surface area contributed by atoms with Gasteiger partial charge in [-0.15, -0.1) is 0 Å². The summed E-state index contributed by atoms with van der Waals surface area (Å²) in [7, 11) is 0. The number of benzene rings is 1. The van der Waals surface area contributed by atoms with Crippen LogP contribution in [0.3, 0.4) is 0 Å². The first kappa shape index (κ1) is 12.4. The van der Waals surface area contributed by atoms with Crippen molar-refractivity contribution >= 4 is 16.7 Å². The van der Waals surface area contributed by atoms with Gasteiger partial charge in [0.2, 0.25) is 0 Å². The van der Waals surface area contributed by atoms with Crippen molar-refractivity contribution in [3.63, 3.8) is 0 Å². The lowest BCUT2D eigenvalue weighted by Gasteiger charge is -2.32. The third kappa shape index (κ3) is 2.71. The summed E-state index contributed by atoms with van der Waals surface area (Å²) >= 11 is 0. The number of fused-ring (bicyclic) bond motifs is 1. The highest BCUT2D eigenvalue weighted by molar-refractivity contribution is 5.80. The fourth-order valence-electron chi connectivity index (χ4n) is 2.92. The molecule has 19 heavy (non-hydrogen) atoms. The van der Waals surface area contributed by atoms with Gasteiger partial charge in [0.1, 0.15) is 5.82 Å². The molecule has 0 spiro atoms. The van der Waals surface area contributed by atoms with Gasteiger partial charge in [-0.2, -0.15) is 0 Å². The van der Waals surface area contributed by atoms with Gasteiger partial charge in [-0.1, -0.05) is 18.2 Å². The van der Waals surface area contributed by atoms with Crippen LogP contribution < -0.4 is 10.6 Å². The number of nitrogens with two attached hydrogens (primary N) is 1. The van der Waals surface area contributed by atoms with Crippen molar-refractivity contribution in [1.29, 1.82) is 0 Å². The van der Waals surface area contributed by atoms with Crippen molar-refractivity contribution in [2.75, 3.05) is 24.5 Å². The number of piperidine rings is 1. The molecule has 1 aliphatic heterocycles. The van der Waals surface area contributed by atoms with E-state index in [-0.39, 0.29) is 0 Å². The van der Waals surface area contributed by atoms with Crippen molar-refractivity contribution < 1.29 is 0 Å². The number of hydrogen-bond donors (Lipinski definition) is 1. The van der Waals surface area contributed by atoms with Crippen molar-refractivity contribution in [3.8, 4) is 0 Å². The fraction of sp³-hybridized carbons (Fsp3) is 0.438. The maximum absolute atomic E-state index is 5.64. The number of hydrogen-bond acceptors (Lipinski definition) is 3. The van der Waals surface area contributed by atoms with Crippen LogP contribution in [0.5, 0.6) is 0 Å². The molecule has 0 bridgehead atoms. The molecule has 0 atom stereocenters. The molecule has 2 aromatic rings. The zero-order valence-corrected chi connectivity index (χ0v) is 11.3. The summed E-state index contributed by atoms with van der Waals surface area (Å²) in [5.41, 5.74) is 6.73. The molecule has 2 N–H and O–H groups in total. The van der Waals surface area contributed by atoms with Gasteiger partial charge in [-0.3, -0.25) is 0 Å². The molecular weight excluding hydrogens is 234 g/mol. The number of para-hydroxylation sites is 1. The second-order valence-corrected chi connectivity index (χ2v) is 5.37. The van der Waals surface area contributed by atoms with E-state index in [4.69, 9.17) is 10.7 Å². The summed E-state index contributed by atoms with van der Waals surface area (Å²) in [4.78, 5) is 7.17. The Morgan fingerprint density at radius 3 is 2.68 bits per heavy atom. The predicted octanol–water partition coefficient (Wildman–Crippen LogP) is 2.80. The average molecular weight is 255 g/mol. The summed E-state index contributed by atoms with van der Waals surface area (Å²) in [5.74, 6) is 1.92. The van der Waals surface area contributed by atoms with Gasteiger partial charge >= 0.3 is 0 Å².